The van der Waals surface area contributed by atoms with E-state index in [2.05, 4.69) is 41.4 Å². The molecule has 22 heavy (non-hydrogen) atoms. The van der Waals surface area contributed by atoms with Crippen LogP contribution in [0.4, 0.5) is 17.3 Å². The molecule has 1 atom stereocenters. The molecule has 1 heterocycles. The van der Waals surface area contributed by atoms with Gasteiger partial charge in [0.2, 0.25) is 0 Å². The van der Waals surface area contributed by atoms with Crippen LogP contribution >= 0.6 is 0 Å². The van der Waals surface area contributed by atoms with Crippen LogP contribution in [0.1, 0.15) is 39.3 Å². The number of nitrogens with one attached hydrogen (secondary N) is 2. The van der Waals surface area contributed by atoms with Crippen LogP contribution in [0.3, 0.4) is 0 Å². The van der Waals surface area contributed by atoms with Crippen LogP contribution in [0.5, 0.6) is 0 Å². The van der Waals surface area contributed by atoms with Crippen molar-refractivity contribution in [1.29, 1.82) is 0 Å². The molecule has 0 spiro atoms. The van der Waals surface area contributed by atoms with Crippen LogP contribution < -0.4 is 10.6 Å². The van der Waals surface area contributed by atoms with E-state index in [1.54, 1.807) is 6.20 Å². The number of benzene rings is 1. The molecular weight excluding hydrogens is 272 g/mol. The Balaban J connectivity index is 1.97. The zero-order valence-electron chi connectivity index (χ0n) is 13.9. The van der Waals surface area contributed by atoms with E-state index in [1.807, 2.05) is 37.3 Å². The van der Waals surface area contributed by atoms with E-state index >= 15 is 0 Å². The predicted octanol–water partition coefficient (Wildman–Crippen LogP) is 4.77. The Morgan fingerprint density at radius 1 is 1.05 bits per heavy atom. The van der Waals surface area contributed by atoms with Crippen molar-refractivity contribution in [2.75, 3.05) is 10.6 Å². The Hall–Kier alpha value is -2.10. The van der Waals surface area contributed by atoms with E-state index < -0.39 is 0 Å². The van der Waals surface area contributed by atoms with Gasteiger partial charge >= 0.3 is 0 Å². The summed E-state index contributed by atoms with van der Waals surface area (Å²) in [6, 6.07) is 10.4. The molecule has 1 aromatic carbocycles. The van der Waals surface area contributed by atoms with Crippen LogP contribution in [0, 0.1) is 12.8 Å². The molecule has 2 rings (SSSR count). The van der Waals surface area contributed by atoms with Gasteiger partial charge in [0, 0.05) is 11.7 Å². The highest BCUT2D eigenvalue weighted by Gasteiger charge is 2.08. The Labute approximate surface area is 133 Å². The lowest BCUT2D eigenvalue weighted by Gasteiger charge is -2.17. The molecule has 0 fully saturated rings. The molecule has 0 amide bonds. The van der Waals surface area contributed by atoms with Crippen molar-refractivity contribution in [3.63, 3.8) is 0 Å². The van der Waals surface area contributed by atoms with Gasteiger partial charge in [0.15, 0.2) is 0 Å². The Morgan fingerprint density at radius 2 is 1.77 bits per heavy atom. The van der Waals surface area contributed by atoms with Crippen LogP contribution in [-0.4, -0.2) is 16.0 Å². The fraction of sp³-hybridized carbons (Fsp3) is 0.444. The zero-order valence-corrected chi connectivity index (χ0v) is 13.9. The Bertz CT molecular complexity index is 581. The van der Waals surface area contributed by atoms with Crippen molar-refractivity contribution < 1.29 is 0 Å². The molecule has 0 saturated heterocycles. The molecule has 0 aliphatic rings. The molecule has 0 bridgehead atoms. The van der Waals surface area contributed by atoms with Crippen LogP contribution in [0.2, 0.25) is 0 Å². The summed E-state index contributed by atoms with van der Waals surface area (Å²) >= 11 is 0. The molecule has 0 aliphatic carbocycles. The van der Waals surface area contributed by atoms with E-state index in [0.717, 1.165) is 35.4 Å². The van der Waals surface area contributed by atoms with Crippen molar-refractivity contribution in [3.8, 4) is 0 Å². The maximum absolute atomic E-state index is 4.58. The first-order valence-corrected chi connectivity index (χ1v) is 7.97. The number of para-hydroxylation sites is 1. The summed E-state index contributed by atoms with van der Waals surface area (Å²) in [5, 5.41) is 6.72. The molecular formula is C18H26N4. The highest BCUT2D eigenvalue weighted by atomic mass is 15.1. The molecule has 1 aromatic heterocycles. The van der Waals surface area contributed by atoms with Gasteiger partial charge in [-0.15, -0.1) is 0 Å². The van der Waals surface area contributed by atoms with Gasteiger partial charge in [-0.2, -0.15) is 0 Å². The van der Waals surface area contributed by atoms with Gasteiger partial charge in [0.1, 0.15) is 11.6 Å². The Kier molecular flexibility index (Phi) is 5.75. The van der Waals surface area contributed by atoms with Crippen molar-refractivity contribution in [2.45, 2.75) is 46.6 Å². The fourth-order valence-corrected chi connectivity index (χ4v) is 2.24. The van der Waals surface area contributed by atoms with Gasteiger partial charge < -0.3 is 10.6 Å². The maximum Gasteiger partial charge on any atom is 0.149 e. The molecule has 0 aliphatic heterocycles. The normalized spacial score (nSPS) is 12.2. The summed E-state index contributed by atoms with van der Waals surface area (Å²) < 4.78 is 0. The number of nitrogens with zero attached hydrogens (tertiary/aromatic N) is 2. The standard InChI is InChI=1S/C18H26N4/c1-13(2)10-11-14(3)20-18-15(4)21-17(12-19-18)22-16-8-6-5-7-9-16/h5-9,12-14H,10-11H2,1-4H3,(H,19,20)(H,21,22). The monoisotopic (exact) mass is 298 g/mol. The average Bonchev–Trinajstić information content (AvgIpc) is 2.49. The van der Waals surface area contributed by atoms with E-state index in [0.29, 0.717) is 6.04 Å². The minimum atomic E-state index is 0.406. The van der Waals surface area contributed by atoms with Crippen LogP contribution in [0.15, 0.2) is 36.5 Å². The molecule has 4 nitrogen and oxygen atoms in total. The first-order chi connectivity index (χ1) is 10.5. The van der Waals surface area contributed by atoms with Gasteiger partial charge in [0.05, 0.1) is 11.9 Å². The SMILES string of the molecule is Cc1nc(Nc2ccccc2)cnc1NC(C)CCC(C)C. The van der Waals surface area contributed by atoms with Gasteiger partial charge in [-0.05, 0) is 44.7 Å². The number of anilines is 3. The van der Waals surface area contributed by atoms with E-state index in [1.165, 1.54) is 6.42 Å². The highest BCUT2D eigenvalue weighted by molar-refractivity contribution is 5.56. The van der Waals surface area contributed by atoms with Crippen LogP contribution in [-0.2, 0) is 0 Å². The first kappa shape index (κ1) is 16.3. The smallest absolute Gasteiger partial charge is 0.149 e. The van der Waals surface area contributed by atoms with Crippen molar-refractivity contribution in [2.24, 2.45) is 5.92 Å². The summed E-state index contributed by atoms with van der Waals surface area (Å²) in [4.78, 5) is 9.09. The lowest BCUT2D eigenvalue weighted by molar-refractivity contribution is 0.527. The van der Waals surface area contributed by atoms with E-state index in [9.17, 15) is 0 Å². The second-order valence-corrected chi connectivity index (χ2v) is 6.20. The number of aryl methyl sites for hydroxylation is 1. The third-order valence-corrected chi connectivity index (χ3v) is 3.55. The molecule has 0 radical (unpaired) electrons. The summed E-state index contributed by atoms with van der Waals surface area (Å²) in [7, 11) is 0. The number of hydrogen-bond donors (Lipinski definition) is 2. The van der Waals surface area contributed by atoms with Crippen molar-refractivity contribution >= 4 is 17.3 Å². The van der Waals surface area contributed by atoms with Gasteiger partial charge in [-0.3, -0.25) is 0 Å². The number of aromatic nitrogens is 2. The number of hydrogen-bond acceptors (Lipinski definition) is 4. The minimum Gasteiger partial charge on any atom is -0.366 e. The second-order valence-electron chi connectivity index (χ2n) is 6.20. The summed E-state index contributed by atoms with van der Waals surface area (Å²) in [5.74, 6) is 2.37. The maximum atomic E-state index is 4.58. The largest absolute Gasteiger partial charge is 0.366 e. The molecule has 1 unspecified atom stereocenters. The third-order valence-electron chi connectivity index (χ3n) is 3.55. The van der Waals surface area contributed by atoms with Gasteiger partial charge in [-0.1, -0.05) is 32.0 Å². The van der Waals surface area contributed by atoms with Gasteiger partial charge in [-0.25, -0.2) is 9.97 Å². The molecule has 2 aromatic rings. The van der Waals surface area contributed by atoms with E-state index in [4.69, 9.17) is 0 Å². The first-order valence-electron chi connectivity index (χ1n) is 7.97. The lowest BCUT2D eigenvalue weighted by Crippen LogP contribution is -2.18. The summed E-state index contributed by atoms with van der Waals surface area (Å²) in [6.45, 7) is 8.68. The van der Waals surface area contributed by atoms with E-state index in [-0.39, 0.29) is 0 Å². The van der Waals surface area contributed by atoms with Crippen molar-refractivity contribution in [1.82, 2.24) is 9.97 Å². The predicted molar refractivity (Wildman–Crippen MR) is 93.7 cm³/mol. The zero-order chi connectivity index (χ0) is 15.9. The molecule has 2 N–H and O–H groups in total. The molecule has 118 valence electrons. The summed E-state index contributed by atoms with van der Waals surface area (Å²) in [6.07, 6.45) is 4.13. The third kappa shape index (κ3) is 5.02. The van der Waals surface area contributed by atoms with Crippen LogP contribution in [0.25, 0.3) is 0 Å². The average molecular weight is 298 g/mol. The molecule has 4 heteroatoms. The lowest BCUT2D eigenvalue weighted by atomic mass is 10.0. The fourth-order valence-electron chi connectivity index (χ4n) is 2.24. The highest BCUT2D eigenvalue weighted by Crippen LogP contribution is 2.18. The Morgan fingerprint density at radius 3 is 2.41 bits per heavy atom. The quantitative estimate of drug-likeness (QED) is 0.773. The second kappa shape index (κ2) is 7.78. The van der Waals surface area contributed by atoms with Crippen molar-refractivity contribution in [3.05, 3.63) is 42.2 Å². The summed E-state index contributed by atoms with van der Waals surface area (Å²) in [5.41, 5.74) is 1.93. The number of rotatable bonds is 7. The topological polar surface area (TPSA) is 49.8 Å². The minimum absolute atomic E-state index is 0.406. The van der Waals surface area contributed by atoms with Gasteiger partial charge in [0.25, 0.3) is 0 Å². The molecule has 0 saturated carbocycles.